The van der Waals surface area contributed by atoms with Crippen LogP contribution in [0.3, 0.4) is 0 Å². The molecule has 0 aromatic rings. The molecule has 0 aromatic carbocycles. The van der Waals surface area contributed by atoms with Gasteiger partial charge in [-0.15, -0.1) is 0 Å². The van der Waals surface area contributed by atoms with Crippen molar-refractivity contribution in [3.8, 4) is 0 Å². The lowest BCUT2D eigenvalue weighted by Crippen LogP contribution is -2.50. The molecule has 1 heterocycles. The molecule has 1 aliphatic heterocycles. The topological polar surface area (TPSA) is 46.3 Å². The summed E-state index contributed by atoms with van der Waals surface area (Å²) in [6, 6.07) is -0.353. The molecule has 0 bridgehead atoms. The molecule has 1 saturated heterocycles. The van der Waals surface area contributed by atoms with Crippen LogP contribution in [0, 0.1) is 5.41 Å². The SMILES string of the molecule is C[C@H](N)C(=O)N1CCC[C@@]2(CC=CCC2)C1. The molecule has 2 aliphatic rings. The normalized spacial score (nSPS) is 31.8. The summed E-state index contributed by atoms with van der Waals surface area (Å²) >= 11 is 0. The predicted octanol–water partition coefficient (Wildman–Crippen LogP) is 1.68. The fourth-order valence-corrected chi connectivity index (χ4v) is 3.00. The molecule has 1 aliphatic carbocycles. The Hall–Kier alpha value is -0.830. The van der Waals surface area contributed by atoms with Crippen LogP contribution in [0.15, 0.2) is 12.2 Å². The average Bonchev–Trinajstić information content (AvgIpc) is 2.29. The van der Waals surface area contributed by atoms with Crippen molar-refractivity contribution in [1.29, 1.82) is 0 Å². The number of likely N-dealkylation sites (tertiary alicyclic amines) is 1. The first-order chi connectivity index (χ1) is 7.63. The number of piperidine rings is 1. The molecule has 1 fully saturated rings. The summed E-state index contributed by atoms with van der Waals surface area (Å²) in [6.07, 6.45) is 10.5. The van der Waals surface area contributed by atoms with E-state index in [0.717, 1.165) is 25.9 Å². The summed E-state index contributed by atoms with van der Waals surface area (Å²) in [6.45, 7) is 3.59. The Bertz CT molecular complexity index is 298. The third-order valence-electron chi connectivity index (χ3n) is 3.92. The summed E-state index contributed by atoms with van der Waals surface area (Å²) in [5.74, 6) is 0.119. The highest BCUT2D eigenvalue weighted by Gasteiger charge is 2.37. The quantitative estimate of drug-likeness (QED) is 0.686. The molecule has 0 saturated carbocycles. The molecule has 2 N–H and O–H groups in total. The highest BCUT2D eigenvalue weighted by atomic mass is 16.2. The Morgan fingerprint density at radius 3 is 2.88 bits per heavy atom. The van der Waals surface area contributed by atoms with Crippen LogP contribution in [0.5, 0.6) is 0 Å². The van der Waals surface area contributed by atoms with E-state index >= 15 is 0 Å². The third-order valence-corrected chi connectivity index (χ3v) is 3.92. The number of nitrogens with zero attached hydrogens (tertiary/aromatic N) is 1. The van der Waals surface area contributed by atoms with E-state index in [9.17, 15) is 4.79 Å². The molecule has 2 atom stereocenters. The lowest BCUT2D eigenvalue weighted by molar-refractivity contribution is -0.135. The van der Waals surface area contributed by atoms with Gasteiger partial charge in [-0.25, -0.2) is 0 Å². The van der Waals surface area contributed by atoms with Gasteiger partial charge in [0.05, 0.1) is 6.04 Å². The van der Waals surface area contributed by atoms with Gasteiger partial charge < -0.3 is 10.6 Å². The van der Waals surface area contributed by atoms with Gasteiger partial charge in [-0.1, -0.05) is 12.2 Å². The highest BCUT2D eigenvalue weighted by molar-refractivity contribution is 5.81. The van der Waals surface area contributed by atoms with Crippen LogP contribution in [0.2, 0.25) is 0 Å². The summed E-state index contributed by atoms with van der Waals surface area (Å²) in [4.78, 5) is 13.9. The molecular weight excluding hydrogens is 200 g/mol. The third kappa shape index (κ3) is 2.29. The Kier molecular flexibility index (Phi) is 3.33. The fourth-order valence-electron chi connectivity index (χ4n) is 3.00. The fraction of sp³-hybridized carbons (Fsp3) is 0.769. The van der Waals surface area contributed by atoms with E-state index in [2.05, 4.69) is 12.2 Å². The molecule has 16 heavy (non-hydrogen) atoms. The molecule has 0 unspecified atom stereocenters. The first-order valence-corrected chi connectivity index (χ1v) is 6.32. The van der Waals surface area contributed by atoms with Crippen molar-refractivity contribution >= 4 is 5.91 Å². The van der Waals surface area contributed by atoms with Gasteiger partial charge >= 0.3 is 0 Å². The molecular formula is C13H22N2O. The van der Waals surface area contributed by atoms with E-state index in [4.69, 9.17) is 5.73 Å². The summed E-state index contributed by atoms with van der Waals surface area (Å²) in [5.41, 5.74) is 6.04. The van der Waals surface area contributed by atoms with Crippen molar-refractivity contribution in [2.24, 2.45) is 11.1 Å². The van der Waals surface area contributed by atoms with Crippen molar-refractivity contribution in [2.75, 3.05) is 13.1 Å². The molecule has 3 heteroatoms. The number of nitrogens with two attached hydrogens (primary N) is 1. The average molecular weight is 222 g/mol. The van der Waals surface area contributed by atoms with Gasteiger partial charge in [0.1, 0.15) is 0 Å². The first-order valence-electron chi connectivity index (χ1n) is 6.32. The second-order valence-electron chi connectivity index (χ2n) is 5.37. The van der Waals surface area contributed by atoms with Crippen molar-refractivity contribution in [1.82, 2.24) is 4.90 Å². The van der Waals surface area contributed by atoms with Crippen LogP contribution < -0.4 is 5.73 Å². The van der Waals surface area contributed by atoms with Crippen LogP contribution in [-0.2, 0) is 4.79 Å². The predicted molar refractivity (Wildman–Crippen MR) is 64.9 cm³/mol. The van der Waals surface area contributed by atoms with E-state index in [0.29, 0.717) is 5.41 Å². The van der Waals surface area contributed by atoms with Crippen LogP contribution in [-0.4, -0.2) is 29.9 Å². The molecule has 1 spiro atoms. The number of hydrogen-bond donors (Lipinski definition) is 1. The van der Waals surface area contributed by atoms with Crippen LogP contribution in [0.4, 0.5) is 0 Å². The van der Waals surface area contributed by atoms with Crippen molar-refractivity contribution in [3.63, 3.8) is 0 Å². The monoisotopic (exact) mass is 222 g/mol. The minimum Gasteiger partial charge on any atom is -0.341 e. The standard InChI is InChI=1S/C13H22N2O/c1-11(14)12(16)15-9-5-8-13(10-15)6-3-2-4-7-13/h2-3,11H,4-10,14H2,1H3/t11-,13-/m0/s1. The van der Waals surface area contributed by atoms with Crippen LogP contribution in [0.25, 0.3) is 0 Å². The van der Waals surface area contributed by atoms with E-state index in [-0.39, 0.29) is 11.9 Å². The minimum atomic E-state index is -0.353. The second-order valence-corrected chi connectivity index (χ2v) is 5.37. The van der Waals surface area contributed by atoms with E-state index in [1.165, 1.54) is 19.3 Å². The summed E-state index contributed by atoms with van der Waals surface area (Å²) in [7, 11) is 0. The maximum Gasteiger partial charge on any atom is 0.239 e. The zero-order valence-electron chi connectivity index (χ0n) is 10.1. The van der Waals surface area contributed by atoms with Gasteiger partial charge in [-0.05, 0) is 44.4 Å². The van der Waals surface area contributed by atoms with E-state index < -0.39 is 0 Å². The van der Waals surface area contributed by atoms with Gasteiger partial charge in [0, 0.05) is 13.1 Å². The Balaban J connectivity index is 2.03. The lowest BCUT2D eigenvalue weighted by atomic mass is 9.71. The van der Waals surface area contributed by atoms with Gasteiger partial charge in [0.2, 0.25) is 5.91 Å². The Labute approximate surface area is 97.7 Å². The maximum atomic E-state index is 11.9. The molecule has 1 amide bonds. The molecule has 0 aromatic heterocycles. The number of hydrogen-bond acceptors (Lipinski definition) is 2. The molecule has 2 rings (SSSR count). The van der Waals surface area contributed by atoms with Crippen molar-refractivity contribution in [3.05, 3.63) is 12.2 Å². The molecule has 0 radical (unpaired) electrons. The molecule has 90 valence electrons. The van der Waals surface area contributed by atoms with E-state index in [1.807, 2.05) is 4.90 Å². The largest absolute Gasteiger partial charge is 0.341 e. The van der Waals surface area contributed by atoms with Crippen LogP contribution >= 0.6 is 0 Å². The summed E-state index contributed by atoms with van der Waals surface area (Å²) < 4.78 is 0. The van der Waals surface area contributed by atoms with Gasteiger partial charge in [0.25, 0.3) is 0 Å². The summed E-state index contributed by atoms with van der Waals surface area (Å²) in [5, 5.41) is 0. The lowest BCUT2D eigenvalue weighted by Gasteiger charge is -2.44. The van der Waals surface area contributed by atoms with Gasteiger partial charge in [0.15, 0.2) is 0 Å². The number of carbonyl (C=O) groups excluding carboxylic acids is 1. The number of rotatable bonds is 1. The smallest absolute Gasteiger partial charge is 0.239 e. The maximum absolute atomic E-state index is 11.9. The van der Waals surface area contributed by atoms with Crippen molar-refractivity contribution in [2.45, 2.75) is 45.1 Å². The Morgan fingerprint density at radius 2 is 2.25 bits per heavy atom. The zero-order valence-corrected chi connectivity index (χ0v) is 10.1. The van der Waals surface area contributed by atoms with Crippen molar-refractivity contribution < 1.29 is 4.79 Å². The number of allylic oxidation sites excluding steroid dienone is 2. The second kappa shape index (κ2) is 4.58. The number of carbonyl (C=O) groups is 1. The van der Waals surface area contributed by atoms with Gasteiger partial charge in [-0.2, -0.15) is 0 Å². The zero-order chi connectivity index (χ0) is 11.6. The van der Waals surface area contributed by atoms with Gasteiger partial charge in [-0.3, -0.25) is 4.79 Å². The first kappa shape index (κ1) is 11.6. The Morgan fingerprint density at radius 1 is 1.44 bits per heavy atom. The molecule has 3 nitrogen and oxygen atoms in total. The van der Waals surface area contributed by atoms with Crippen LogP contribution in [0.1, 0.15) is 39.0 Å². The minimum absolute atomic E-state index is 0.119. The van der Waals surface area contributed by atoms with E-state index in [1.54, 1.807) is 6.92 Å². The number of amides is 1. The highest BCUT2D eigenvalue weighted by Crippen LogP contribution is 2.40.